The maximum absolute atomic E-state index is 4.53. The van der Waals surface area contributed by atoms with Gasteiger partial charge in [-0.2, -0.15) is 0 Å². The molecule has 0 saturated heterocycles. The van der Waals surface area contributed by atoms with E-state index in [1.54, 1.807) is 0 Å². The summed E-state index contributed by atoms with van der Waals surface area (Å²) < 4.78 is 0.627. The van der Waals surface area contributed by atoms with Crippen molar-refractivity contribution in [3.63, 3.8) is 0 Å². The number of thiocarbonyl (C=S) groups is 2. The molecule has 0 rings (SSSR count). The van der Waals surface area contributed by atoms with Gasteiger partial charge in [-0.3, -0.25) is 0 Å². The number of nitrogens with one attached hydrogen (secondary N) is 2. The Labute approximate surface area is 87.9 Å². The highest BCUT2D eigenvalue weighted by Gasteiger charge is 1.74. The number of rotatable bonds is 2. The van der Waals surface area contributed by atoms with Gasteiger partial charge in [0.2, 0.25) is 0 Å². The lowest BCUT2D eigenvalue weighted by Gasteiger charge is -2.13. The molecule has 0 aliphatic heterocycles. The molecule has 0 amide bonds. The summed E-state index contributed by atoms with van der Waals surface area (Å²) in [4.78, 5) is 0. The molecule has 0 spiro atoms. The Morgan fingerprint density at radius 1 is 1.00 bits per heavy atom. The summed E-state index contributed by atoms with van der Waals surface area (Å²) in [5.41, 5.74) is 0. The first-order valence-electron chi connectivity index (χ1n) is 2.02. The van der Waals surface area contributed by atoms with Crippen molar-refractivity contribution in [3.8, 4) is 0 Å². The summed E-state index contributed by atoms with van der Waals surface area (Å²) in [6.07, 6.45) is 0. The van der Waals surface area contributed by atoms with E-state index >= 15 is 0 Å². The molecule has 0 unspecified atom stereocenters. The van der Waals surface area contributed by atoms with E-state index in [-0.39, 0.29) is 12.3 Å². The van der Waals surface area contributed by atoms with Crippen LogP contribution in [0.5, 0.6) is 0 Å². The minimum absolute atomic E-state index is 0. The number of quaternary nitrogens is 2. The molecule has 8 heteroatoms. The fourth-order valence-corrected chi connectivity index (χ4v) is 0.477. The molecule has 0 aliphatic carbocycles. The predicted molar refractivity (Wildman–Crippen MR) is 63.0 cm³/mol. The van der Waals surface area contributed by atoms with E-state index in [9.17, 15) is 0 Å². The SMILES string of the molecule is S=C([S-])NCNC(=S)[S-].[NH4+].[NH4+]. The van der Waals surface area contributed by atoms with Crippen LogP contribution in [0.2, 0.25) is 0 Å². The Balaban J connectivity index is -0.000000320. The lowest BCUT2D eigenvalue weighted by molar-refractivity contribution is 0.862. The fourth-order valence-electron chi connectivity index (χ4n) is 0.189. The molecule has 0 heterocycles. The van der Waals surface area contributed by atoms with Crippen LogP contribution in [0.3, 0.4) is 0 Å². The average Bonchev–Trinajstić information content (AvgIpc) is 1.63. The van der Waals surface area contributed by atoms with E-state index in [2.05, 4.69) is 60.3 Å². The van der Waals surface area contributed by atoms with Gasteiger partial charge in [-0.15, -0.1) is 0 Å². The third-order valence-corrected chi connectivity index (χ3v) is 1.04. The van der Waals surface area contributed by atoms with E-state index in [1.165, 1.54) is 0 Å². The van der Waals surface area contributed by atoms with Crippen molar-refractivity contribution in [1.29, 1.82) is 0 Å². The van der Waals surface area contributed by atoms with E-state index in [1.807, 2.05) is 0 Å². The van der Waals surface area contributed by atoms with Crippen LogP contribution in [0, 0.1) is 0 Å². The Morgan fingerprint density at radius 2 is 1.27 bits per heavy atom. The molecule has 11 heavy (non-hydrogen) atoms. The van der Waals surface area contributed by atoms with Crippen molar-refractivity contribution in [1.82, 2.24) is 22.9 Å². The van der Waals surface area contributed by atoms with E-state index in [4.69, 9.17) is 0 Å². The zero-order chi connectivity index (χ0) is 7.28. The van der Waals surface area contributed by atoms with Gasteiger partial charge < -0.3 is 72.6 Å². The second-order valence-corrected chi connectivity index (χ2v) is 3.26. The second kappa shape index (κ2) is 10.1. The van der Waals surface area contributed by atoms with E-state index in [0.29, 0.717) is 15.3 Å². The van der Waals surface area contributed by atoms with Crippen molar-refractivity contribution in [2.45, 2.75) is 0 Å². The van der Waals surface area contributed by atoms with Gasteiger partial charge in [0, 0.05) is 0 Å². The second-order valence-electron chi connectivity index (χ2n) is 1.11. The highest BCUT2D eigenvalue weighted by molar-refractivity contribution is 8.00. The van der Waals surface area contributed by atoms with E-state index in [0.717, 1.165) is 0 Å². The molecule has 0 fully saturated rings. The number of hydrogen-bond donors (Lipinski definition) is 4. The van der Waals surface area contributed by atoms with Crippen LogP contribution in [0.4, 0.5) is 0 Å². The van der Waals surface area contributed by atoms with Gasteiger partial charge in [-0.25, -0.2) is 0 Å². The van der Waals surface area contributed by atoms with Gasteiger partial charge in [0.05, 0.1) is 6.67 Å². The summed E-state index contributed by atoms with van der Waals surface area (Å²) in [5, 5.41) is 5.32. The molecule has 0 saturated carbocycles. The standard InChI is InChI=1S/C3H6N2S4.2H3N/c6-2(7)4-1-5-3(8)9;;/h1H2,(H2,4,6,7)(H2,5,8,9);2*1H3. The molecule has 0 atom stereocenters. The van der Waals surface area contributed by atoms with Crippen LogP contribution in [0.15, 0.2) is 0 Å². The summed E-state index contributed by atoms with van der Waals surface area (Å²) in [6, 6.07) is 0. The highest BCUT2D eigenvalue weighted by atomic mass is 32.1. The maximum Gasteiger partial charge on any atom is 0.0824 e. The Bertz CT molecular complexity index is 113. The average molecular weight is 232 g/mol. The van der Waals surface area contributed by atoms with Gasteiger partial charge in [-0.1, -0.05) is 8.64 Å². The third kappa shape index (κ3) is 17.8. The monoisotopic (exact) mass is 232 g/mol. The summed E-state index contributed by atoms with van der Waals surface area (Å²) in [5.74, 6) is 0. The van der Waals surface area contributed by atoms with Gasteiger partial charge in [-0.05, 0) is 0 Å². The molecular weight excluding hydrogens is 220 g/mol. The Hall–Kier alpha value is 0.140. The van der Waals surface area contributed by atoms with E-state index < -0.39 is 0 Å². The maximum atomic E-state index is 4.53. The molecule has 68 valence electrons. The molecule has 0 aliphatic rings. The molecule has 0 radical (unpaired) electrons. The van der Waals surface area contributed by atoms with Gasteiger partial charge >= 0.3 is 0 Å². The molecule has 4 nitrogen and oxygen atoms in total. The van der Waals surface area contributed by atoms with Crippen LogP contribution in [0.25, 0.3) is 0 Å². The van der Waals surface area contributed by atoms with Crippen LogP contribution < -0.4 is 22.9 Å². The Kier molecular flexibility index (Phi) is 15.9. The van der Waals surface area contributed by atoms with Crippen LogP contribution in [-0.4, -0.2) is 15.3 Å². The molecule has 0 bridgehead atoms. The first kappa shape index (κ1) is 17.3. The highest BCUT2D eigenvalue weighted by Crippen LogP contribution is 1.64. The van der Waals surface area contributed by atoms with Crippen molar-refractivity contribution < 1.29 is 0 Å². The predicted octanol–water partition coefficient (Wildman–Crippen LogP) is 0.539. The first-order chi connectivity index (χ1) is 4.13. The molecular formula is C3H12N4S4. The molecule has 0 aromatic carbocycles. The van der Waals surface area contributed by atoms with Crippen molar-refractivity contribution in [3.05, 3.63) is 0 Å². The smallest absolute Gasteiger partial charge is 0.0824 e. The zero-order valence-corrected chi connectivity index (χ0v) is 9.61. The zero-order valence-electron chi connectivity index (χ0n) is 6.34. The third-order valence-electron chi connectivity index (χ3n) is 0.465. The minimum atomic E-state index is 0. The largest absolute Gasteiger partial charge is 0.412 e. The molecule has 0 aromatic heterocycles. The van der Waals surface area contributed by atoms with Crippen LogP contribution in [-0.2, 0) is 25.3 Å². The number of hydrogen-bond acceptors (Lipinski definition) is 4. The van der Waals surface area contributed by atoms with Crippen LogP contribution >= 0.6 is 24.4 Å². The van der Waals surface area contributed by atoms with Gasteiger partial charge in [0.1, 0.15) is 0 Å². The quantitative estimate of drug-likeness (QED) is 0.315. The first-order valence-corrected chi connectivity index (χ1v) is 3.66. The lowest BCUT2D eigenvalue weighted by Crippen LogP contribution is -2.33. The molecule has 10 N–H and O–H groups in total. The van der Waals surface area contributed by atoms with Gasteiger partial charge in [0.25, 0.3) is 0 Å². The normalized spacial score (nSPS) is 6.55. The summed E-state index contributed by atoms with van der Waals surface area (Å²) >= 11 is 18.1. The Morgan fingerprint density at radius 3 is 1.45 bits per heavy atom. The fraction of sp³-hybridized carbons (Fsp3) is 0.333. The van der Waals surface area contributed by atoms with Crippen molar-refractivity contribution >= 4 is 58.3 Å². The lowest BCUT2D eigenvalue weighted by atomic mass is 11.0. The minimum Gasteiger partial charge on any atom is -0.412 e. The molecule has 0 aromatic rings. The van der Waals surface area contributed by atoms with Crippen molar-refractivity contribution in [2.24, 2.45) is 0 Å². The van der Waals surface area contributed by atoms with Gasteiger partial charge in [0.15, 0.2) is 0 Å². The summed E-state index contributed by atoms with van der Waals surface area (Å²) in [6.45, 7) is 0.421. The summed E-state index contributed by atoms with van der Waals surface area (Å²) in [7, 11) is 0. The topological polar surface area (TPSA) is 97.1 Å². The van der Waals surface area contributed by atoms with Crippen LogP contribution in [0.1, 0.15) is 0 Å². The van der Waals surface area contributed by atoms with Crippen molar-refractivity contribution in [2.75, 3.05) is 6.67 Å².